The van der Waals surface area contributed by atoms with E-state index < -0.39 is 5.91 Å². The number of anilines is 1. The van der Waals surface area contributed by atoms with E-state index in [1.807, 2.05) is 0 Å². The molecule has 21 heavy (non-hydrogen) atoms. The summed E-state index contributed by atoms with van der Waals surface area (Å²) in [4.78, 5) is 28.4. The van der Waals surface area contributed by atoms with Gasteiger partial charge in [-0.1, -0.05) is 12.1 Å². The first kappa shape index (κ1) is 15.5. The second kappa shape index (κ2) is 7.24. The number of pyridine rings is 1. The number of nitrogens with two attached hydrogens (primary N) is 1. The molecule has 0 bridgehead atoms. The lowest BCUT2D eigenvalue weighted by molar-refractivity contribution is -0.117. The molecule has 7 heteroatoms. The number of amides is 2. The van der Waals surface area contributed by atoms with E-state index in [1.54, 1.807) is 36.5 Å². The second-order valence-corrected chi connectivity index (χ2v) is 5.93. The number of benzene rings is 1. The maximum Gasteiger partial charge on any atom is 0.259 e. The van der Waals surface area contributed by atoms with Crippen LogP contribution < -0.4 is 11.1 Å². The molecular formula is C14H12BrN3O2S. The van der Waals surface area contributed by atoms with Gasteiger partial charge in [-0.05, 0) is 34.1 Å². The number of hydrogen-bond donors (Lipinski definition) is 2. The van der Waals surface area contributed by atoms with E-state index in [2.05, 4.69) is 26.2 Å². The average Bonchev–Trinajstić information content (AvgIpc) is 2.46. The van der Waals surface area contributed by atoms with Crippen molar-refractivity contribution in [3.63, 3.8) is 0 Å². The van der Waals surface area contributed by atoms with E-state index in [0.717, 1.165) is 4.90 Å². The number of nitrogens with one attached hydrogen (secondary N) is 1. The quantitative estimate of drug-likeness (QED) is 0.812. The molecular weight excluding hydrogens is 354 g/mol. The molecule has 2 rings (SSSR count). The molecule has 0 saturated heterocycles. The van der Waals surface area contributed by atoms with Gasteiger partial charge in [0, 0.05) is 15.6 Å². The Bertz CT molecular complexity index is 679. The Kier molecular flexibility index (Phi) is 5.35. The molecule has 1 aromatic heterocycles. The smallest absolute Gasteiger partial charge is 0.259 e. The summed E-state index contributed by atoms with van der Waals surface area (Å²) in [6, 6.07) is 8.64. The molecule has 0 aliphatic rings. The normalized spacial score (nSPS) is 10.1. The van der Waals surface area contributed by atoms with Crippen LogP contribution in [0.5, 0.6) is 0 Å². The fourth-order valence-electron chi connectivity index (χ4n) is 1.54. The third kappa shape index (κ3) is 4.30. The summed E-state index contributed by atoms with van der Waals surface area (Å²) in [5.74, 6) is -0.711. The van der Waals surface area contributed by atoms with Crippen molar-refractivity contribution in [3.05, 3.63) is 52.8 Å². The number of carbonyl (C=O) groups excluding carboxylic acids is 2. The second-order valence-electron chi connectivity index (χ2n) is 4.06. The van der Waals surface area contributed by atoms with Crippen LogP contribution in [0, 0.1) is 0 Å². The standard InChI is InChI=1S/C14H12BrN3O2S/c15-10-4-2-1-3-9(10)14(20)18-13(19)8-21-12-5-6-17-7-11(12)16/h1-7H,8,16H2,(H,18,19,20). The number of halogens is 1. The van der Waals surface area contributed by atoms with Crippen molar-refractivity contribution >= 4 is 45.2 Å². The van der Waals surface area contributed by atoms with Crippen molar-refractivity contribution in [2.24, 2.45) is 0 Å². The lowest BCUT2D eigenvalue weighted by Crippen LogP contribution is -2.32. The molecule has 0 fully saturated rings. The third-order valence-electron chi connectivity index (χ3n) is 2.54. The van der Waals surface area contributed by atoms with Crippen LogP contribution in [0.25, 0.3) is 0 Å². The topological polar surface area (TPSA) is 85.1 Å². The molecule has 108 valence electrons. The van der Waals surface area contributed by atoms with Crippen molar-refractivity contribution in [2.45, 2.75) is 4.90 Å². The van der Waals surface area contributed by atoms with Gasteiger partial charge in [-0.3, -0.25) is 19.9 Å². The molecule has 0 unspecified atom stereocenters. The number of thioether (sulfide) groups is 1. The van der Waals surface area contributed by atoms with Crippen LogP contribution in [0.15, 0.2) is 52.1 Å². The zero-order chi connectivity index (χ0) is 15.2. The number of hydrogen-bond acceptors (Lipinski definition) is 5. The van der Waals surface area contributed by atoms with Gasteiger partial charge in [0.05, 0.1) is 23.2 Å². The zero-order valence-electron chi connectivity index (χ0n) is 10.9. The van der Waals surface area contributed by atoms with Crippen molar-refractivity contribution in [3.8, 4) is 0 Å². The Hall–Kier alpha value is -1.86. The largest absolute Gasteiger partial charge is 0.397 e. The van der Waals surface area contributed by atoms with Crippen LogP contribution in [0.3, 0.4) is 0 Å². The third-order valence-corrected chi connectivity index (χ3v) is 4.32. The van der Waals surface area contributed by atoms with E-state index >= 15 is 0 Å². The minimum absolute atomic E-state index is 0.102. The van der Waals surface area contributed by atoms with Crippen LogP contribution in [0.4, 0.5) is 5.69 Å². The van der Waals surface area contributed by atoms with Gasteiger partial charge in [0.15, 0.2) is 0 Å². The van der Waals surface area contributed by atoms with Crippen LogP contribution in [-0.4, -0.2) is 22.6 Å². The Morgan fingerprint density at radius 1 is 1.29 bits per heavy atom. The summed E-state index contributed by atoms with van der Waals surface area (Å²) in [6.45, 7) is 0. The van der Waals surface area contributed by atoms with Gasteiger partial charge >= 0.3 is 0 Å². The van der Waals surface area contributed by atoms with E-state index in [0.29, 0.717) is 15.7 Å². The van der Waals surface area contributed by atoms with Crippen molar-refractivity contribution < 1.29 is 9.59 Å². The minimum Gasteiger partial charge on any atom is -0.397 e. The summed E-state index contributed by atoms with van der Waals surface area (Å²) in [5, 5.41) is 2.34. The fraction of sp³-hybridized carbons (Fsp3) is 0.0714. The Labute approximate surface area is 134 Å². The van der Waals surface area contributed by atoms with Gasteiger partial charge in [0.1, 0.15) is 0 Å². The summed E-state index contributed by atoms with van der Waals surface area (Å²) < 4.78 is 0.640. The van der Waals surface area contributed by atoms with Crippen molar-refractivity contribution in [1.82, 2.24) is 10.3 Å². The molecule has 0 aliphatic heterocycles. The van der Waals surface area contributed by atoms with Gasteiger partial charge in [-0.2, -0.15) is 0 Å². The number of carbonyl (C=O) groups is 2. The molecule has 0 radical (unpaired) electrons. The molecule has 1 aromatic carbocycles. The van der Waals surface area contributed by atoms with E-state index in [1.165, 1.54) is 18.0 Å². The van der Waals surface area contributed by atoms with Gasteiger partial charge in [-0.25, -0.2) is 0 Å². The first-order valence-corrected chi connectivity index (χ1v) is 7.77. The van der Waals surface area contributed by atoms with Crippen molar-refractivity contribution in [1.29, 1.82) is 0 Å². The molecule has 2 amide bonds. The molecule has 0 spiro atoms. The molecule has 3 N–H and O–H groups in total. The first-order valence-electron chi connectivity index (χ1n) is 5.99. The number of nitrogen functional groups attached to an aromatic ring is 1. The summed E-state index contributed by atoms with van der Waals surface area (Å²) >= 11 is 4.53. The number of aromatic nitrogens is 1. The van der Waals surface area contributed by atoms with E-state index in [4.69, 9.17) is 5.73 Å². The summed E-state index contributed by atoms with van der Waals surface area (Å²) in [6.07, 6.45) is 3.12. The molecule has 0 atom stereocenters. The van der Waals surface area contributed by atoms with Gasteiger partial charge in [0.25, 0.3) is 5.91 Å². The molecule has 1 heterocycles. The molecule has 0 saturated carbocycles. The van der Waals surface area contributed by atoms with Gasteiger partial charge in [0.2, 0.25) is 5.91 Å². The minimum atomic E-state index is -0.434. The monoisotopic (exact) mass is 365 g/mol. The maximum absolute atomic E-state index is 11.9. The predicted octanol–water partition coefficient (Wildman–Crippen LogP) is 2.48. The van der Waals surface area contributed by atoms with Crippen molar-refractivity contribution in [2.75, 3.05) is 11.5 Å². The molecule has 0 aliphatic carbocycles. The van der Waals surface area contributed by atoms with Crippen LogP contribution >= 0.6 is 27.7 Å². The van der Waals surface area contributed by atoms with Crippen LogP contribution in [0.1, 0.15) is 10.4 Å². The number of nitrogens with zero attached hydrogens (tertiary/aromatic N) is 1. The lowest BCUT2D eigenvalue weighted by Gasteiger charge is -2.06. The predicted molar refractivity (Wildman–Crippen MR) is 86.0 cm³/mol. The fourth-order valence-corrected chi connectivity index (χ4v) is 2.74. The highest BCUT2D eigenvalue weighted by atomic mass is 79.9. The van der Waals surface area contributed by atoms with E-state index in [9.17, 15) is 9.59 Å². The van der Waals surface area contributed by atoms with Gasteiger partial charge < -0.3 is 5.73 Å². The zero-order valence-corrected chi connectivity index (χ0v) is 13.3. The highest BCUT2D eigenvalue weighted by Crippen LogP contribution is 2.23. The van der Waals surface area contributed by atoms with Crippen LogP contribution in [-0.2, 0) is 4.79 Å². The number of imide groups is 1. The highest BCUT2D eigenvalue weighted by molar-refractivity contribution is 9.10. The molecule has 5 nitrogen and oxygen atoms in total. The van der Waals surface area contributed by atoms with E-state index in [-0.39, 0.29) is 11.7 Å². The lowest BCUT2D eigenvalue weighted by atomic mass is 10.2. The Morgan fingerprint density at radius 3 is 2.76 bits per heavy atom. The maximum atomic E-state index is 11.9. The van der Waals surface area contributed by atoms with Gasteiger partial charge in [-0.15, -0.1) is 11.8 Å². The summed E-state index contributed by atoms with van der Waals surface area (Å²) in [5.41, 5.74) is 6.65. The SMILES string of the molecule is Nc1cnccc1SCC(=O)NC(=O)c1ccccc1Br. The Morgan fingerprint density at radius 2 is 2.05 bits per heavy atom. The van der Waals surface area contributed by atoms with Crippen LogP contribution in [0.2, 0.25) is 0 Å². The summed E-state index contributed by atoms with van der Waals surface area (Å²) in [7, 11) is 0. The highest BCUT2D eigenvalue weighted by Gasteiger charge is 2.13. The number of rotatable bonds is 4. The molecule has 2 aromatic rings. The first-order chi connectivity index (χ1) is 10.1. The average molecular weight is 366 g/mol. The Balaban J connectivity index is 1.92.